The SMILES string of the molecule is CC1C=CC=C(c2ccc(N(c3ccc(-c4ccccc4)cc3)c3cnc4c(c3)C(C)(C)c3cc(C=C(C#N)C#N)sc3-4)cc2)C1. The second kappa shape index (κ2) is 11.8. The monoisotopic (exact) mass is 612 g/mol. The maximum absolute atomic E-state index is 9.27. The van der Waals surface area contributed by atoms with Crippen LogP contribution in [0.4, 0.5) is 17.1 Å². The molecule has 2 aliphatic carbocycles. The van der Waals surface area contributed by atoms with Gasteiger partial charge in [-0.1, -0.05) is 93.6 Å². The molecule has 0 fully saturated rings. The molecule has 2 aromatic heterocycles. The van der Waals surface area contributed by atoms with E-state index >= 15 is 0 Å². The molecule has 0 saturated heterocycles. The number of rotatable bonds is 6. The van der Waals surface area contributed by atoms with Gasteiger partial charge in [0.25, 0.3) is 0 Å². The molecule has 222 valence electrons. The molecule has 0 spiro atoms. The number of pyridine rings is 1. The van der Waals surface area contributed by atoms with Crippen molar-refractivity contribution in [3.63, 3.8) is 0 Å². The number of aromatic nitrogens is 1. The Morgan fingerprint density at radius 1 is 0.848 bits per heavy atom. The molecule has 0 bridgehead atoms. The van der Waals surface area contributed by atoms with Crippen LogP contribution in [0.15, 0.2) is 121 Å². The molecule has 1 unspecified atom stereocenters. The Kier molecular flexibility index (Phi) is 7.49. The van der Waals surface area contributed by atoms with Gasteiger partial charge in [0.2, 0.25) is 0 Å². The summed E-state index contributed by atoms with van der Waals surface area (Å²) in [5, 5.41) is 18.5. The maximum Gasteiger partial charge on any atom is 0.131 e. The van der Waals surface area contributed by atoms with Crippen LogP contribution in [0.2, 0.25) is 0 Å². The van der Waals surface area contributed by atoms with Gasteiger partial charge in [-0.05, 0) is 88.2 Å². The van der Waals surface area contributed by atoms with Gasteiger partial charge >= 0.3 is 0 Å². The number of fused-ring (bicyclic) bond motifs is 3. The summed E-state index contributed by atoms with van der Waals surface area (Å²) in [6.07, 6.45) is 11.3. The Balaban J connectivity index is 1.30. The van der Waals surface area contributed by atoms with Crippen LogP contribution in [-0.4, -0.2) is 4.98 Å². The molecule has 3 aromatic carbocycles. The van der Waals surface area contributed by atoms with Crippen LogP contribution in [-0.2, 0) is 5.41 Å². The maximum atomic E-state index is 9.27. The van der Waals surface area contributed by atoms with Gasteiger partial charge < -0.3 is 4.90 Å². The predicted molar refractivity (Wildman–Crippen MR) is 190 cm³/mol. The van der Waals surface area contributed by atoms with Crippen molar-refractivity contribution in [3.8, 4) is 33.8 Å². The number of benzene rings is 3. The molecule has 2 aliphatic rings. The Hall–Kier alpha value is -5.49. The standard InChI is InChI=1S/C41H32N4S/c1-27-8-7-11-32(20-27)31-14-18-34(19-15-31)45(33-16-12-30(13-17-33)29-9-5-4-6-10-29)35-22-37-39(44-26-35)40-38(41(37,2)3)23-36(46-40)21-28(24-42)25-43/h4-19,21-23,26-27H,20H2,1-3H3. The largest absolute Gasteiger partial charge is 0.309 e. The smallest absolute Gasteiger partial charge is 0.131 e. The lowest BCUT2D eigenvalue weighted by atomic mass is 9.83. The van der Waals surface area contributed by atoms with Gasteiger partial charge in [-0.15, -0.1) is 11.3 Å². The molecule has 0 amide bonds. The number of nitrogens with zero attached hydrogens (tertiary/aromatic N) is 4. The Morgan fingerprint density at radius 2 is 1.50 bits per heavy atom. The van der Waals surface area contributed by atoms with Crippen molar-refractivity contribution < 1.29 is 0 Å². The molecule has 0 aliphatic heterocycles. The van der Waals surface area contributed by atoms with E-state index < -0.39 is 0 Å². The van der Waals surface area contributed by atoms with Crippen molar-refractivity contribution in [3.05, 3.63) is 143 Å². The third-order valence-electron chi connectivity index (χ3n) is 8.98. The first kappa shape index (κ1) is 29.2. The number of allylic oxidation sites excluding steroid dienone is 5. The van der Waals surface area contributed by atoms with Crippen LogP contribution >= 0.6 is 11.3 Å². The van der Waals surface area contributed by atoms with Gasteiger partial charge in [0, 0.05) is 21.7 Å². The van der Waals surface area contributed by atoms with Gasteiger partial charge in [0.15, 0.2) is 0 Å². The highest BCUT2D eigenvalue weighted by molar-refractivity contribution is 7.16. The fourth-order valence-corrected chi connectivity index (χ4v) is 7.77. The lowest BCUT2D eigenvalue weighted by Crippen LogP contribution is -2.17. The van der Waals surface area contributed by atoms with Gasteiger partial charge in [0.1, 0.15) is 17.7 Å². The summed E-state index contributed by atoms with van der Waals surface area (Å²) in [4.78, 5) is 9.34. The van der Waals surface area contributed by atoms with Crippen molar-refractivity contribution in [2.75, 3.05) is 4.90 Å². The van der Waals surface area contributed by atoms with E-state index in [4.69, 9.17) is 4.98 Å². The van der Waals surface area contributed by atoms with E-state index in [2.05, 4.69) is 129 Å². The van der Waals surface area contributed by atoms with Crippen LogP contribution in [0.5, 0.6) is 0 Å². The van der Waals surface area contributed by atoms with Crippen LogP contribution in [0.25, 0.3) is 33.3 Å². The second-order valence-electron chi connectivity index (χ2n) is 12.4. The van der Waals surface area contributed by atoms with Crippen LogP contribution in [0.3, 0.4) is 0 Å². The highest BCUT2D eigenvalue weighted by Gasteiger charge is 2.39. The van der Waals surface area contributed by atoms with Crippen molar-refractivity contribution in [2.24, 2.45) is 5.92 Å². The molecule has 1 atom stereocenters. The van der Waals surface area contributed by atoms with E-state index in [9.17, 15) is 10.5 Å². The normalized spacial score (nSPS) is 15.6. The summed E-state index contributed by atoms with van der Waals surface area (Å²) in [5.41, 5.74) is 11.2. The topological polar surface area (TPSA) is 63.7 Å². The molecule has 7 rings (SSSR count). The summed E-state index contributed by atoms with van der Waals surface area (Å²) in [6, 6.07) is 36.4. The molecule has 46 heavy (non-hydrogen) atoms. The van der Waals surface area contributed by atoms with Gasteiger partial charge in [-0.25, -0.2) is 0 Å². The second-order valence-corrected chi connectivity index (χ2v) is 13.5. The summed E-state index contributed by atoms with van der Waals surface area (Å²) in [5.74, 6) is 0.537. The predicted octanol–water partition coefficient (Wildman–Crippen LogP) is 11.0. The number of anilines is 3. The van der Waals surface area contributed by atoms with Gasteiger partial charge in [0.05, 0.1) is 22.5 Å². The molecular formula is C41H32N4S. The Bertz CT molecular complexity index is 2100. The summed E-state index contributed by atoms with van der Waals surface area (Å²) < 4.78 is 0. The third kappa shape index (κ3) is 5.26. The third-order valence-corrected chi connectivity index (χ3v) is 10.1. The minimum atomic E-state index is -0.292. The summed E-state index contributed by atoms with van der Waals surface area (Å²) >= 11 is 1.58. The van der Waals surface area contributed by atoms with Crippen molar-refractivity contribution >= 4 is 40.0 Å². The molecule has 4 nitrogen and oxygen atoms in total. The van der Waals surface area contributed by atoms with E-state index in [1.54, 1.807) is 17.4 Å². The average molecular weight is 613 g/mol. The highest BCUT2D eigenvalue weighted by atomic mass is 32.1. The zero-order chi connectivity index (χ0) is 31.8. The number of nitriles is 2. The van der Waals surface area contributed by atoms with E-state index in [1.807, 2.05) is 24.4 Å². The quantitative estimate of drug-likeness (QED) is 0.179. The van der Waals surface area contributed by atoms with Crippen molar-refractivity contribution in [2.45, 2.75) is 32.6 Å². The molecular weight excluding hydrogens is 581 g/mol. The first-order valence-corrected chi connectivity index (χ1v) is 16.3. The van der Waals surface area contributed by atoms with Gasteiger partial charge in [-0.3, -0.25) is 4.98 Å². The molecule has 0 saturated carbocycles. The van der Waals surface area contributed by atoms with E-state index in [0.29, 0.717) is 5.92 Å². The average Bonchev–Trinajstić information content (AvgIpc) is 3.60. The fraction of sp³-hybridized carbons (Fsp3) is 0.146. The highest BCUT2D eigenvalue weighted by Crippen LogP contribution is 2.53. The first-order valence-electron chi connectivity index (χ1n) is 15.5. The lowest BCUT2D eigenvalue weighted by Gasteiger charge is -2.28. The minimum absolute atomic E-state index is 0.104. The fourth-order valence-electron chi connectivity index (χ4n) is 6.50. The zero-order valence-electron chi connectivity index (χ0n) is 26.0. The minimum Gasteiger partial charge on any atom is -0.309 e. The molecule has 0 N–H and O–H groups in total. The summed E-state index contributed by atoms with van der Waals surface area (Å²) in [6.45, 7) is 6.70. The molecule has 0 radical (unpaired) electrons. The van der Waals surface area contributed by atoms with E-state index in [1.165, 1.54) is 33.4 Å². The number of hydrogen-bond acceptors (Lipinski definition) is 5. The Labute approximate surface area is 274 Å². The zero-order valence-corrected chi connectivity index (χ0v) is 26.8. The van der Waals surface area contributed by atoms with Gasteiger partial charge in [-0.2, -0.15) is 10.5 Å². The number of hydrogen-bond donors (Lipinski definition) is 0. The van der Waals surface area contributed by atoms with E-state index in [-0.39, 0.29) is 11.0 Å². The van der Waals surface area contributed by atoms with E-state index in [0.717, 1.165) is 38.9 Å². The number of thiophene rings is 1. The summed E-state index contributed by atoms with van der Waals surface area (Å²) in [7, 11) is 0. The van der Waals surface area contributed by atoms with Crippen molar-refractivity contribution in [1.29, 1.82) is 10.5 Å². The van der Waals surface area contributed by atoms with Crippen molar-refractivity contribution in [1.82, 2.24) is 4.98 Å². The lowest BCUT2D eigenvalue weighted by molar-refractivity contribution is 0.660. The van der Waals surface area contributed by atoms with Crippen LogP contribution < -0.4 is 4.90 Å². The van der Waals surface area contributed by atoms with Crippen LogP contribution in [0, 0.1) is 28.6 Å². The Morgan fingerprint density at radius 3 is 2.15 bits per heavy atom. The molecule has 5 aromatic rings. The first-order chi connectivity index (χ1) is 22.4. The van der Waals surface area contributed by atoms with Crippen LogP contribution in [0.1, 0.15) is 48.8 Å². The molecule has 2 heterocycles. The molecule has 5 heteroatoms.